The van der Waals surface area contributed by atoms with Gasteiger partial charge in [0.2, 0.25) is 0 Å². The van der Waals surface area contributed by atoms with Gasteiger partial charge in [0.25, 0.3) is 5.56 Å². The molecule has 0 spiro atoms. The normalized spacial score (nSPS) is 13.7. The van der Waals surface area contributed by atoms with Gasteiger partial charge in [0.15, 0.2) is 5.78 Å². The minimum absolute atomic E-state index is 0.0157. The second-order valence-electron chi connectivity index (χ2n) is 5.74. The third-order valence-electron chi connectivity index (χ3n) is 2.85. The number of aromatic amines is 1. The van der Waals surface area contributed by atoms with Gasteiger partial charge in [0, 0.05) is 16.5 Å². The van der Waals surface area contributed by atoms with Gasteiger partial charge in [-0.05, 0) is 23.8 Å². The molecule has 1 aromatic heterocycles. The van der Waals surface area contributed by atoms with Gasteiger partial charge in [-0.25, -0.2) is 0 Å². The molecule has 3 nitrogen and oxygen atoms in total. The molecule has 0 bridgehead atoms. The molecular weight excluding hydrogens is 306 g/mol. The molecule has 1 aromatic carbocycles. The number of Topliss-reactive ketones (excluding diaryl/α,β-unsaturated/α-hetero) is 1. The van der Waals surface area contributed by atoms with E-state index in [1.54, 1.807) is 18.2 Å². The predicted octanol–water partition coefficient (Wildman–Crippen LogP) is 2.31. The minimum atomic E-state index is -0.457. The number of hydrogen-bond donors (Lipinski definition) is 1. The van der Waals surface area contributed by atoms with Crippen molar-refractivity contribution in [2.45, 2.75) is 20.8 Å². The number of carbonyl (C=O) groups is 1. The Hall–Kier alpha value is -1.65. The van der Waals surface area contributed by atoms with Crippen LogP contribution in [0.1, 0.15) is 26.3 Å². The smallest absolute Gasteiger partial charge is 0.266 e. The number of benzene rings is 1. The molecule has 0 unspecified atom stereocenters. The van der Waals surface area contributed by atoms with Crippen LogP contribution in [0.4, 0.5) is 0 Å². The third-order valence-corrected chi connectivity index (χ3v) is 4.06. The van der Waals surface area contributed by atoms with Crippen LogP contribution in [0.15, 0.2) is 29.1 Å². The summed E-state index contributed by atoms with van der Waals surface area (Å²) >= 11 is 7.10. The number of ketones is 1. The average molecular weight is 322 g/mol. The fourth-order valence-electron chi connectivity index (χ4n) is 1.57. The fraction of sp³-hybridized carbons (Fsp3) is 0.250. The van der Waals surface area contributed by atoms with E-state index in [1.807, 2.05) is 32.9 Å². The maximum atomic E-state index is 12.0. The number of nitrogens with one attached hydrogen (secondary N) is 1. The average Bonchev–Trinajstić information content (AvgIpc) is 2.71. The van der Waals surface area contributed by atoms with E-state index in [-0.39, 0.29) is 11.3 Å². The highest BCUT2D eigenvalue weighted by atomic mass is 35.5. The van der Waals surface area contributed by atoms with E-state index in [0.717, 1.165) is 5.56 Å². The van der Waals surface area contributed by atoms with Crippen molar-refractivity contribution in [1.82, 2.24) is 4.98 Å². The number of halogens is 1. The largest absolute Gasteiger partial charge is 0.313 e. The molecule has 2 aromatic rings. The summed E-state index contributed by atoms with van der Waals surface area (Å²) in [6.07, 6.45) is 3.27. The van der Waals surface area contributed by atoms with Crippen LogP contribution in [-0.2, 0) is 4.79 Å². The molecule has 2 rings (SSSR count). The van der Waals surface area contributed by atoms with Crippen molar-refractivity contribution in [1.29, 1.82) is 0 Å². The first kappa shape index (κ1) is 15.7. The molecule has 0 atom stereocenters. The Balaban J connectivity index is 2.45. The molecular formula is C16H16ClNO2S. The van der Waals surface area contributed by atoms with Crippen LogP contribution in [0.5, 0.6) is 0 Å². The molecule has 0 saturated carbocycles. The van der Waals surface area contributed by atoms with E-state index in [2.05, 4.69) is 4.98 Å². The lowest BCUT2D eigenvalue weighted by molar-refractivity contribution is -0.119. The zero-order chi connectivity index (χ0) is 15.6. The molecule has 0 aliphatic heterocycles. The fourth-order valence-corrected chi connectivity index (χ4v) is 2.58. The van der Waals surface area contributed by atoms with Gasteiger partial charge in [0.05, 0.1) is 9.20 Å². The lowest BCUT2D eigenvalue weighted by Crippen LogP contribution is -2.22. The number of rotatable bonds is 2. The van der Waals surface area contributed by atoms with Gasteiger partial charge in [-0.2, -0.15) is 0 Å². The van der Waals surface area contributed by atoms with Crippen molar-refractivity contribution in [2.75, 3.05) is 0 Å². The second kappa shape index (κ2) is 6.00. The van der Waals surface area contributed by atoms with E-state index in [9.17, 15) is 9.59 Å². The van der Waals surface area contributed by atoms with Crippen molar-refractivity contribution < 1.29 is 4.79 Å². The maximum absolute atomic E-state index is 12.0. The van der Waals surface area contributed by atoms with Crippen LogP contribution in [0.2, 0.25) is 5.02 Å². The van der Waals surface area contributed by atoms with Gasteiger partial charge >= 0.3 is 0 Å². The number of aromatic nitrogens is 1. The minimum Gasteiger partial charge on any atom is -0.313 e. The lowest BCUT2D eigenvalue weighted by Gasteiger charge is -2.12. The molecule has 0 aliphatic carbocycles. The summed E-state index contributed by atoms with van der Waals surface area (Å²) in [5.41, 5.74) is 0.240. The Kier molecular flexibility index (Phi) is 4.49. The first-order chi connectivity index (χ1) is 9.75. The van der Waals surface area contributed by atoms with Crippen molar-refractivity contribution in [3.05, 3.63) is 54.4 Å². The molecule has 1 heterocycles. The summed E-state index contributed by atoms with van der Waals surface area (Å²) in [7, 11) is 0. The summed E-state index contributed by atoms with van der Waals surface area (Å²) in [6, 6.07) is 7.22. The van der Waals surface area contributed by atoms with Crippen LogP contribution >= 0.6 is 22.9 Å². The first-order valence-electron chi connectivity index (χ1n) is 6.48. The number of H-pyrrole nitrogens is 1. The summed E-state index contributed by atoms with van der Waals surface area (Å²) in [4.78, 5) is 26.6. The van der Waals surface area contributed by atoms with E-state index < -0.39 is 5.41 Å². The number of hydrogen-bond acceptors (Lipinski definition) is 3. The van der Waals surface area contributed by atoms with E-state index in [4.69, 9.17) is 11.6 Å². The van der Waals surface area contributed by atoms with Crippen molar-refractivity contribution in [3.63, 3.8) is 0 Å². The zero-order valence-electron chi connectivity index (χ0n) is 12.1. The SMILES string of the molecule is CC(C)(C)C(=O)C=c1[nH]c(=O)c(=Cc2ccc(Cl)cc2)s1. The molecule has 110 valence electrons. The Morgan fingerprint density at radius 3 is 2.43 bits per heavy atom. The van der Waals surface area contributed by atoms with Crippen LogP contribution < -0.4 is 14.8 Å². The summed E-state index contributed by atoms with van der Waals surface area (Å²) in [6.45, 7) is 5.54. The molecule has 21 heavy (non-hydrogen) atoms. The van der Waals surface area contributed by atoms with E-state index in [0.29, 0.717) is 14.2 Å². The number of thiazole rings is 1. The van der Waals surface area contributed by atoms with Gasteiger partial charge in [-0.1, -0.05) is 44.5 Å². The second-order valence-corrected chi connectivity index (χ2v) is 7.26. The van der Waals surface area contributed by atoms with Gasteiger partial charge < -0.3 is 4.98 Å². The monoisotopic (exact) mass is 321 g/mol. The van der Waals surface area contributed by atoms with Crippen molar-refractivity contribution in [2.24, 2.45) is 5.41 Å². The molecule has 0 aliphatic rings. The van der Waals surface area contributed by atoms with Crippen molar-refractivity contribution >= 4 is 40.9 Å². The Labute approximate surface area is 131 Å². The highest BCUT2D eigenvalue weighted by Crippen LogP contribution is 2.14. The summed E-state index contributed by atoms with van der Waals surface area (Å²) in [5, 5.41) is 0.650. The van der Waals surface area contributed by atoms with E-state index >= 15 is 0 Å². The van der Waals surface area contributed by atoms with Crippen molar-refractivity contribution in [3.8, 4) is 0 Å². The first-order valence-corrected chi connectivity index (χ1v) is 7.68. The molecule has 1 N–H and O–H groups in total. The zero-order valence-corrected chi connectivity index (χ0v) is 13.6. The Morgan fingerprint density at radius 2 is 1.86 bits per heavy atom. The standard InChI is InChI=1S/C16H16ClNO2S/c1-16(2,3)13(19)9-14-18-15(20)12(21-14)8-10-4-6-11(17)7-5-10/h4-9H,1-3H3,(H,18,20). The van der Waals surface area contributed by atoms with E-state index in [1.165, 1.54) is 17.4 Å². The lowest BCUT2D eigenvalue weighted by atomic mass is 9.91. The highest BCUT2D eigenvalue weighted by Gasteiger charge is 2.18. The van der Waals surface area contributed by atoms with Gasteiger partial charge in [-0.3, -0.25) is 9.59 Å². The topological polar surface area (TPSA) is 49.9 Å². The van der Waals surface area contributed by atoms with Crippen LogP contribution in [0.25, 0.3) is 12.2 Å². The van der Waals surface area contributed by atoms with Crippen LogP contribution in [0.3, 0.4) is 0 Å². The molecule has 0 fully saturated rings. The molecule has 5 heteroatoms. The third kappa shape index (κ3) is 4.16. The Morgan fingerprint density at radius 1 is 1.24 bits per heavy atom. The van der Waals surface area contributed by atoms with Gasteiger partial charge in [0.1, 0.15) is 0 Å². The van der Waals surface area contributed by atoms with Gasteiger partial charge in [-0.15, -0.1) is 11.3 Å². The molecule has 0 amide bonds. The summed E-state index contributed by atoms with van der Waals surface area (Å²) < 4.78 is 1.13. The predicted molar refractivity (Wildman–Crippen MR) is 88.1 cm³/mol. The highest BCUT2D eigenvalue weighted by molar-refractivity contribution is 7.07. The van der Waals surface area contributed by atoms with Crippen LogP contribution in [-0.4, -0.2) is 10.8 Å². The number of carbonyl (C=O) groups excluding carboxylic acids is 1. The Bertz CT molecular complexity index is 823. The molecule has 0 saturated heterocycles. The van der Waals surface area contributed by atoms with Crippen LogP contribution in [0, 0.1) is 5.41 Å². The summed E-state index contributed by atoms with van der Waals surface area (Å²) in [5.74, 6) is -0.0157. The maximum Gasteiger partial charge on any atom is 0.266 e. The molecule has 0 radical (unpaired) electrons. The quantitative estimate of drug-likeness (QED) is 0.923.